The number of carbonyl (C=O) groups excluding carboxylic acids is 1. The van der Waals surface area contributed by atoms with Gasteiger partial charge in [-0.05, 0) is 31.9 Å². The Bertz CT molecular complexity index is 602. The van der Waals surface area contributed by atoms with Crippen LogP contribution in [0.25, 0.3) is 0 Å². The maximum absolute atomic E-state index is 11.8. The lowest BCUT2D eigenvalue weighted by Crippen LogP contribution is -2.24. The number of benzene rings is 1. The van der Waals surface area contributed by atoms with E-state index < -0.39 is 10.8 Å². The normalized spacial score (nSPS) is 10.5. The first kappa shape index (κ1) is 15.4. The van der Waals surface area contributed by atoms with Crippen molar-refractivity contribution in [2.75, 3.05) is 0 Å². The first-order valence-electron chi connectivity index (χ1n) is 5.89. The van der Waals surface area contributed by atoms with Crippen LogP contribution in [0.2, 0.25) is 0 Å². The molecule has 20 heavy (non-hydrogen) atoms. The van der Waals surface area contributed by atoms with Gasteiger partial charge in [0.15, 0.2) is 5.96 Å². The second-order valence-corrected chi connectivity index (χ2v) is 4.17. The number of nitrogens with zero attached hydrogens (tertiary/aromatic N) is 2. The molecule has 0 aromatic heterocycles. The van der Waals surface area contributed by atoms with Crippen LogP contribution in [-0.4, -0.2) is 16.8 Å². The van der Waals surface area contributed by atoms with Gasteiger partial charge < -0.3 is 11.5 Å². The van der Waals surface area contributed by atoms with Crippen LogP contribution in [-0.2, 0) is 6.42 Å². The summed E-state index contributed by atoms with van der Waals surface area (Å²) < 4.78 is 0. The summed E-state index contributed by atoms with van der Waals surface area (Å²) >= 11 is 0. The van der Waals surface area contributed by atoms with Crippen LogP contribution in [0.5, 0.6) is 0 Å². The minimum absolute atomic E-state index is 0.120. The van der Waals surface area contributed by atoms with Gasteiger partial charge in [-0.25, -0.2) is 0 Å². The van der Waals surface area contributed by atoms with Crippen LogP contribution in [0, 0.1) is 17.0 Å². The fraction of sp³-hybridized carbons (Fsp3) is 0.231. The molecule has 0 aliphatic rings. The fourth-order valence-electron chi connectivity index (χ4n) is 1.74. The molecule has 1 amide bonds. The zero-order valence-electron chi connectivity index (χ0n) is 11.3. The number of nitro groups is 1. The average molecular weight is 276 g/mol. The molecule has 0 saturated carbocycles. The van der Waals surface area contributed by atoms with E-state index in [-0.39, 0.29) is 17.2 Å². The van der Waals surface area contributed by atoms with E-state index in [0.717, 1.165) is 0 Å². The van der Waals surface area contributed by atoms with Crippen molar-refractivity contribution in [3.63, 3.8) is 0 Å². The molecule has 7 heteroatoms. The van der Waals surface area contributed by atoms with Gasteiger partial charge >= 0.3 is 0 Å². The van der Waals surface area contributed by atoms with E-state index in [4.69, 9.17) is 11.5 Å². The van der Waals surface area contributed by atoms with Gasteiger partial charge in [-0.3, -0.25) is 14.9 Å². The van der Waals surface area contributed by atoms with Crippen LogP contribution in [0.1, 0.15) is 28.4 Å². The summed E-state index contributed by atoms with van der Waals surface area (Å²) in [4.78, 5) is 25.7. The van der Waals surface area contributed by atoms with Crippen molar-refractivity contribution < 1.29 is 9.72 Å². The molecule has 0 bridgehead atoms. The summed E-state index contributed by atoms with van der Waals surface area (Å²) in [7, 11) is 0. The summed E-state index contributed by atoms with van der Waals surface area (Å²) in [5, 5.41) is 11.1. The van der Waals surface area contributed by atoms with E-state index in [1.54, 1.807) is 25.1 Å². The minimum Gasteiger partial charge on any atom is -0.370 e. The number of guanidine groups is 1. The topological polar surface area (TPSA) is 125 Å². The van der Waals surface area contributed by atoms with E-state index >= 15 is 0 Å². The molecule has 0 aliphatic heterocycles. The summed E-state index contributed by atoms with van der Waals surface area (Å²) in [6.07, 6.45) is 4.03. The largest absolute Gasteiger partial charge is 0.370 e. The van der Waals surface area contributed by atoms with Crippen LogP contribution >= 0.6 is 0 Å². The average Bonchev–Trinajstić information content (AvgIpc) is 2.34. The summed E-state index contributed by atoms with van der Waals surface area (Å²) in [5.41, 5.74) is 11.4. The van der Waals surface area contributed by atoms with Crippen LogP contribution < -0.4 is 11.5 Å². The molecule has 1 aromatic rings. The van der Waals surface area contributed by atoms with Crippen molar-refractivity contribution >= 4 is 17.6 Å². The molecule has 4 N–H and O–H groups in total. The monoisotopic (exact) mass is 276 g/mol. The van der Waals surface area contributed by atoms with Crippen molar-refractivity contribution in [1.29, 1.82) is 0 Å². The van der Waals surface area contributed by atoms with Gasteiger partial charge in [-0.15, -0.1) is 0 Å². The number of hydrogen-bond acceptors (Lipinski definition) is 3. The number of amides is 1. The van der Waals surface area contributed by atoms with Gasteiger partial charge in [-0.1, -0.05) is 12.2 Å². The number of carbonyl (C=O) groups is 1. The second-order valence-electron chi connectivity index (χ2n) is 4.17. The molecule has 0 fully saturated rings. The third kappa shape index (κ3) is 3.64. The number of nitro benzene ring substituents is 1. The molecule has 0 atom stereocenters. The fourth-order valence-corrected chi connectivity index (χ4v) is 1.74. The molecule has 106 valence electrons. The maximum atomic E-state index is 11.8. The number of aryl methyl sites for hydroxylation is 1. The molecular weight excluding hydrogens is 260 g/mol. The van der Waals surface area contributed by atoms with Gasteiger partial charge in [0.05, 0.1) is 10.5 Å². The van der Waals surface area contributed by atoms with Crippen molar-refractivity contribution in [3.05, 3.63) is 51.1 Å². The van der Waals surface area contributed by atoms with Crippen molar-refractivity contribution in [2.45, 2.75) is 20.3 Å². The summed E-state index contributed by atoms with van der Waals surface area (Å²) in [6, 6.07) is 2.82. The Morgan fingerprint density at radius 1 is 1.45 bits per heavy atom. The van der Waals surface area contributed by atoms with Crippen molar-refractivity contribution in [1.82, 2.24) is 0 Å². The first-order chi connectivity index (χ1) is 9.36. The third-order valence-corrected chi connectivity index (χ3v) is 2.66. The Labute approximate surface area is 116 Å². The van der Waals surface area contributed by atoms with Crippen molar-refractivity contribution in [2.24, 2.45) is 16.5 Å². The highest BCUT2D eigenvalue weighted by Crippen LogP contribution is 2.25. The molecule has 0 saturated heterocycles. The van der Waals surface area contributed by atoms with Crippen LogP contribution in [0.4, 0.5) is 5.69 Å². The molecule has 0 radical (unpaired) electrons. The van der Waals surface area contributed by atoms with Crippen molar-refractivity contribution in [3.8, 4) is 0 Å². The van der Waals surface area contributed by atoms with Gasteiger partial charge in [-0.2, -0.15) is 4.99 Å². The van der Waals surface area contributed by atoms with Gasteiger partial charge in [0.25, 0.3) is 11.6 Å². The van der Waals surface area contributed by atoms with E-state index in [1.807, 2.05) is 6.92 Å². The number of aliphatic imine (C=N–C) groups is 1. The maximum Gasteiger partial charge on any atom is 0.280 e. The quantitative estimate of drug-likeness (QED) is 0.283. The highest BCUT2D eigenvalue weighted by atomic mass is 16.6. The minimum atomic E-state index is -0.691. The zero-order chi connectivity index (χ0) is 15.3. The molecule has 0 spiro atoms. The third-order valence-electron chi connectivity index (χ3n) is 2.66. The molecule has 1 rings (SSSR count). The van der Waals surface area contributed by atoms with E-state index in [0.29, 0.717) is 17.5 Å². The molecule has 1 aromatic carbocycles. The highest BCUT2D eigenvalue weighted by Gasteiger charge is 2.19. The Kier molecular flexibility index (Phi) is 4.96. The standard InChI is InChI=1S/C13H16N4O3/c1-3-4-5-9-6-8(2)10(7-11(9)17(19)20)12(18)16-13(14)15/h3-4,6-7H,5H2,1-2H3,(H4,14,15,16,18). The van der Waals surface area contributed by atoms with E-state index in [9.17, 15) is 14.9 Å². The lowest BCUT2D eigenvalue weighted by molar-refractivity contribution is -0.385. The molecule has 0 heterocycles. The Hall–Kier alpha value is -2.70. The van der Waals surface area contributed by atoms with Crippen LogP contribution in [0.15, 0.2) is 29.3 Å². The van der Waals surface area contributed by atoms with Crippen LogP contribution in [0.3, 0.4) is 0 Å². The Balaban J connectivity index is 3.36. The Morgan fingerprint density at radius 3 is 2.60 bits per heavy atom. The lowest BCUT2D eigenvalue weighted by atomic mass is 10.0. The van der Waals surface area contributed by atoms with Gasteiger partial charge in [0.1, 0.15) is 0 Å². The second kappa shape index (κ2) is 6.46. The Morgan fingerprint density at radius 2 is 2.10 bits per heavy atom. The number of rotatable bonds is 4. The first-order valence-corrected chi connectivity index (χ1v) is 5.89. The number of nitrogens with two attached hydrogens (primary N) is 2. The SMILES string of the molecule is CC=CCc1cc(C)c(C(=O)N=C(N)N)cc1[N+](=O)[O-]. The number of hydrogen-bond donors (Lipinski definition) is 2. The summed E-state index contributed by atoms with van der Waals surface area (Å²) in [5.74, 6) is -1.07. The van der Waals surface area contributed by atoms with Gasteiger partial charge in [0.2, 0.25) is 0 Å². The summed E-state index contributed by atoms with van der Waals surface area (Å²) in [6.45, 7) is 3.51. The lowest BCUT2D eigenvalue weighted by Gasteiger charge is -2.06. The smallest absolute Gasteiger partial charge is 0.280 e. The molecular formula is C13H16N4O3. The van der Waals surface area contributed by atoms with Gasteiger partial charge in [0, 0.05) is 11.6 Å². The van der Waals surface area contributed by atoms with E-state index in [1.165, 1.54) is 6.07 Å². The highest BCUT2D eigenvalue weighted by molar-refractivity contribution is 6.03. The molecule has 0 aliphatic carbocycles. The predicted octanol–water partition coefficient (Wildman–Crippen LogP) is 1.44. The number of allylic oxidation sites excluding steroid dienone is 2. The zero-order valence-corrected chi connectivity index (χ0v) is 11.3. The predicted molar refractivity (Wildman–Crippen MR) is 76.5 cm³/mol. The van der Waals surface area contributed by atoms with E-state index in [2.05, 4.69) is 4.99 Å². The molecule has 0 unspecified atom stereocenters. The molecule has 7 nitrogen and oxygen atoms in total.